The lowest BCUT2D eigenvalue weighted by Gasteiger charge is -2.26. The van der Waals surface area contributed by atoms with Crippen LogP contribution in [-0.2, 0) is 22.6 Å². The van der Waals surface area contributed by atoms with Crippen molar-refractivity contribution < 1.29 is 19.4 Å². The number of likely N-dealkylation sites (tertiary alicyclic amines) is 1. The predicted octanol–water partition coefficient (Wildman–Crippen LogP) is 4.09. The molecule has 0 aliphatic carbocycles. The van der Waals surface area contributed by atoms with Crippen molar-refractivity contribution in [2.75, 3.05) is 19.0 Å². The topological polar surface area (TPSA) is 83.0 Å². The van der Waals surface area contributed by atoms with Gasteiger partial charge in [-0.05, 0) is 66.1 Å². The van der Waals surface area contributed by atoms with Crippen molar-refractivity contribution in [1.82, 2.24) is 9.88 Å². The molecule has 1 fully saturated rings. The molecule has 2 aliphatic heterocycles. The number of ether oxygens (including phenoxy) is 1. The van der Waals surface area contributed by atoms with Crippen LogP contribution in [0.25, 0.3) is 5.76 Å². The Balaban J connectivity index is 1.62. The zero-order valence-electron chi connectivity index (χ0n) is 19.9. The van der Waals surface area contributed by atoms with Gasteiger partial charge in [0.05, 0.1) is 11.6 Å². The maximum absolute atomic E-state index is 13.3. The summed E-state index contributed by atoms with van der Waals surface area (Å²) in [6, 6.07) is 16.0. The largest absolute Gasteiger partial charge is 0.507 e. The summed E-state index contributed by atoms with van der Waals surface area (Å²) in [4.78, 5) is 34.1. The molecular weight excluding hydrogens is 442 g/mol. The van der Waals surface area contributed by atoms with Crippen LogP contribution in [0.2, 0.25) is 0 Å². The first-order valence-electron chi connectivity index (χ1n) is 11.6. The average Bonchev–Trinajstić information content (AvgIpc) is 3.35. The van der Waals surface area contributed by atoms with E-state index in [1.807, 2.05) is 74.4 Å². The highest BCUT2D eigenvalue weighted by Crippen LogP contribution is 2.41. The van der Waals surface area contributed by atoms with E-state index in [1.165, 1.54) is 4.90 Å². The van der Waals surface area contributed by atoms with Gasteiger partial charge in [-0.3, -0.25) is 14.6 Å². The van der Waals surface area contributed by atoms with E-state index in [-0.39, 0.29) is 24.0 Å². The predicted molar refractivity (Wildman–Crippen MR) is 133 cm³/mol. The quantitative estimate of drug-likeness (QED) is 0.344. The molecule has 3 aromatic rings. The van der Waals surface area contributed by atoms with E-state index in [0.29, 0.717) is 5.56 Å². The van der Waals surface area contributed by atoms with E-state index in [4.69, 9.17) is 4.74 Å². The Morgan fingerprint density at radius 3 is 2.49 bits per heavy atom. The van der Waals surface area contributed by atoms with Gasteiger partial charge in [-0.1, -0.05) is 12.1 Å². The molecule has 7 heteroatoms. The van der Waals surface area contributed by atoms with Gasteiger partial charge >= 0.3 is 0 Å². The van der Waals surface area contributed by atoms with E-state index in [9.17, 15) is 14.7 Å². The monoisotopic (exact) mass is 469 g/mol. The van der Waals surface area contributed by atoms with Crippen LogP contribution in [-0.4, -0.2) is 46.9 Å². The summed E-state index contributed by atoms with van der Waals surface area (Å²) in [6.07, 6.45) is 4.09. The molecule has 0 saturated carbocycles. The van der Waals surface area contributed by atoms with Crippen LogP contribution < -0.4 is 9.64 Å². The van der Waals surface area contributed by atoms with Crippen molar-refractivity contribution in [3.63, 3.8) is 0 Å². The number of hydrogen-bond acceptors (Lipinski definition) is 6. The number of hydrogen-bond donors (Lipinski definition) is 1. The van der Waals surface area contributed by atoms with Crippen molar-refractivity contribution in [1.29, 1.82) is 0 Å². The molecule has 35 heavy (non-hydrogen) atoms. The van der Waals surface area contributed by atoms with Crippen LogP contribution in [0.3, 0.4) is 0 Å². The summed E-state index contributed by atoms with van der Waals surface area (Å²) in [5, 5.41) is 11.4. The Morgan fingerprint density at radius 1 is 1.09 bits per heavy atom. The number of fused-ring (bicyclic) bond motifs is 1. The highest BCUT2D eigenvalue weighted by atomic mass is 16.5. The fourth-order valence-electron chi connectivity index (χ4n) is 4.75. The molecule has 1 N–H and O–H groups in total. The van der Waals surface area contributed by atoms with Gasteiger partial charge in [-0.25, -0.2) is 0 Å². The number of ketones is 1. The summed E-state index contributed by atoms with van der Waals surface area (Å²) in [7, 11) is 3.89. The van der Waals surface area contributed by atoms with Gasteiger partial charge in [0.25, 0.3) is 11.7 Å². The lowest BCUT2D eigenvalue weighted by atomic mass is 9.94. The number of carbonyl (C=O) groups excluding carboxylic acids is 2. The molecule has 0 bridgehead atoms. The minimum atomic E-state index is -0.720. The molecule has 1 amide bonds. The van der Waals surface area contributed by atoms with Crippen molar-refractivity contribution in [3.8, 4) is 5.75 Å². The summed E-state index contributed by atoms with van der Waals surface area (Å²) < 4.78 is 5.77. The van der Waals surface area contributed by atoms with E-state index in [2.05, 4.69) is 4.98 Å². The van der Waals surface area contributed by atoms with E-state index >= 15 is 0 Å². The highest BCUT2D eigenvalue weighted by Gasteiger charge is 2.46. The zero-order valence-corrected chi connectivity index (χ0v) is 19.9. The third-order valence-electron chi connectivity index (χ3n) is 6.54. The summed E-state index contributed by atoms with van der Waals surface area (Å²) in [5.41, 5.74) is 4.16. The number of Topliss-reactive ketones (excluding diaryl/α,β-unsaturated/α-hetero) is 1. The zero-order chi connectivity index (χ0) is 24.7. The number of aliphatic hydroxyl groups is 1. The average molecular weight is 470 g/mol. The molecule has 5 rings (SSSR count). The van der Waals surface area contributed by atoms with Gasteiger partial charge in [0.1, 0.15) is 17.6 Å². The molecular formula is C28H27N3O4. The first-order chi connectivity index (χ1) is 16.8. The molecule has 0 radical (unpaired) electrons. The third-order valence-corrected chi connectivity index (χ3v) is 6.54. The third kappa shape index (κ3) is 4.14. The molecule has 178 valence electrons. The number of pyridine rings is 1. The van der Waals surface area contributed by atoms with Gasteiger partial charge in [-0.15, -0.1) is 0 Å². The smallest absolute Gasteiger partial charge is 0.295 e. The van der Waals surface area contributed by atoms with Crippen LogP contribution in [0.1, 0.15) is 35.2 Å². The SMILES string of the molecule is CC1Cc2cc(/C(O)=C3\C(=O)C(=O)N(Cc4ccncc4)C3c3ccc(N(C)C)cc3)ccc2O1. The number of aromatic nitrogens is 1. The maximum atomic E-state index is 13.3. The second-order valence-electron chi connectivity index (χ2n) is 9.22. The van der Waals surface area contributed by atoms with Gasteiger partial charge in [-0.2, -0.15) is 0 Å². The lowest BCUT2D eigenvalue weighted by Crippen LogP contribution is -2.29. The fourth-order valence-corrected chi connectivity index (χ4v) is 4.75. The minimum absolute atomic E-state index is 0.0588. The molecule has 7 nitrogen and oxygen atoms in total. The molecule has 2 aliphatic rings. The number of rotatable bonds is 5. The maximum Gasteiger partial charge on any atom is 0.295 e. The first-order valence-corrected chi connectivity index (χ1v) is 11.6. The molecule has 3 heterocycles. The number of carbonyl (C=O) groups is 2. The van der Waals surface area contributed by atoms with Gasteiger partial charge in [0, 0.05) is 50.7 Å². The van der Waals surface area contributed by atoms with Crippen molar-refractivity contribution in [3.05, 3.63) is 94.8 Å². The fraction of sp³-hybridized carbons (Fsp3) is 0.250. The van der Waals surface area contributed by atoms with E-state index in [0.717, 1.165) is 34.5 Å². The Morgan fingerprint density at radius 2 is 1.80 bits per heavy atom. The molecule has 2 atom stereocenters. The number of amides is 1. The Labute approximate surface area is 204 Å². The minimum Gasteiger partial charge on any atom is -0.507 e. The van der Waals surface area contributed by atoms with Crippen molar-refractivity contribution in [2.45, 2.75) is 32.0 Å². The van der Waals surface area contributed by atoms with Crippen LogP contribution in [0.4, 0.5) is 5.69 Å². The molecule has 1 saturated heterocycles. The number of nitrogens with zero attached hydrogens (tertiary/aromatic N) is 3. The van der Waals surface area contributed by atoms with Crippen LogP contribution in [0.15, 0.2) is 72.6 Å². The second-order valence-corrected chi connectivity index (χ2v) is 9.22. The molecule has 2 unspecified atom stereocenters. The second kappa shape index (κ2) is 8.91. The molecule has 1 aromatic heterocycles. The summed E-state index contributed by atoms with van der Waals surface area (Å²) >= 11 is 0. The van der Waals surface area contributed by atoms with Crippen molar-refractivity contribution >= 4 is 23.1 Å². The van der Waals surface area contributed by atoms with Crippen LogP contribution in [0, 0.1) is 0 Å². The lowest BCUT2D eigenvalue weighted by molar-refractivity contribution is -0.140. The molecule has 2 aromatic carbocycles. The Hall–Kier alpha value is -4.13. The van der Waals surface area contributed by atoms with E-state index < -0.39 is 17.7 Å². The van der Waals surface area contributed by atoms with Gasteiger partial charge in [0.15, 0.2) is 0 Å². The summed E-state index contributed by atoms with van der Waals surface area (Å²) in [6.45, 7) is 2.21. The Bertz CT molecular complexity index is 1320. The number of aliphatic hydroxyl groups excluding tert-OH is 1. The number of benzene rings is 2. The summed E-state index contributed by atoms with van der Waals surface area (Å²) in [5.74, 6) is -0.723. The normalized spacial score (nSPS) is 20.6. The first kappa shape index (κ1) is 22.7. The van der Waals surface area contributed by atoms with Gasteiger partial charge in [0.2, 0.25) is 0 Å². The van der Waals surface area contributed by atoms with Crippen LogP contribution >= 0.6 is 0 Å². The number of anilines is 1. The Kier molecular flexibility index (Phi) is 5.76. The van der Waals surface area contributed by atoms with E-state index in [1.54, 1.807) is 18.5 Å². The molecule has 0 spiro atoms. The van der Waals surface area contributed by atoms with Crippen molar-refractivity contribution in [2.24, 2.45) is 0 Å². The van der Waals surface area contributed by atoms with Gasteiger partial charge < -0.3 is 19.6 Å². The van der Waals surface area contributed by atoms with Crippen LogP contribution in [0.5, 0.6) is 5.75 Å². The standard InChI is InChI=1S/C28H27N3O4/c1-17-14-21-15-20(6-9-23(21)35-17)26(32)24-25(19-4-7-22(8-5-19)30(2)3)31(28(34)27(24)33)16-18-10-12-29-13-11-18/h4-13,15,17,25,32H,14,16H2,1-3H3/b26-24+. The highest BCUT2D eigenvalue weighted by molar-refractivity contribution is 6.46.